The summed E-state index contributed by atoms with van der Waals surface area (Å²) < 4.78 is 10.6. The van der Waals surface area contributed by atoms with Crippen molar-refractivity contribution >= 4 is 17.5 Å². The predicted molar refractivity (Wildman–Crippen MR) is 103 cm³/mol. The molecule has 1 saturated heterocycles. The van der Waals surface area contributed by atoms with E-state index in [0.717, 1.165) is 29.7 Å². The molecule has 0 radical (unpaired) electrons. The van der Waals surface area contributed by atoms with Gasteiger partial charge in [-0.05, 0) is 48.7 Å². The van der Waals surface area contributed by atoms with Gasteiger partial charge in [-0.15, -0.1) is 0 Å². The Labute approximate surface area is 162 Å². The Morgan fingerprint density at radius 1 is 1.22 bits per heavy atom. The third-order valence-electron chi connectivity index (χ3n) is 4.88. The molecule has 0 spiro atoms. The molecule has 0 unspecified atom stereocenters. The maximum atomic E-state index is 13.0. The number of hydrogen-bond donors (Lipinski definition) is 0. The van der Waals surface area contributed by atoms with Gasteiger partial charge in [0.1, 0.15) is 5.75 Å². The second-order valence-corrected chi connectivity index (χ2v) is 6.89. The second kappa shape index (κ2) is 7.45. The van der Waals surface area contributed by atoms with Gasteiger partial charge in [-0.1, -0.05) is 35.0 Å². The number of carbonyl (C=O) groups is 1. The maximum absolute atomic E-state index is 13.0. The lowest BCUT2D eigenvalue weighted by Gasteiger charge is -2.24. The van der Waals surface area contributed by atoms with Crippen LogP contribution in [-0.4, -0.2) is 29.6 Å². The van der Waals surface area contributed by atoms with E-state index in [-0.39, 0.29) is 11.9 Å². The second-order valence-electron chi connectivity index (χ2n) is 6.48. The lowest BCUT2D eigenvalue weighted by Crippen LogP contribution is -2.30. The first kappa shape index (κ1) is 17.6. The molecule has 1 amide bonds. The van der Waals surface area contributed by atoms with Crippen LogP contribution in [0, 0.1) is 0 Å². The summed E-state index contributed by atoms with van der Waals surface area (Å²) in [4.78, 5) is 14.9. The molecule has 1 atom stereocenters. The molecule has 1 aromatic heterocycles. The fourth-order valence-electron chi connectivity index (χ4n) is 3.49. The van der Waals surface area contributed by atoms with Gasteiger partial charge in [-0.3, -0.25) is 4.79 Å². The molecule has 1 fully saturated rings. The van der Waals surface area contributed by atoms with Crippen molar-refractivity contribution in [3.8, 4) is 17.1 Å². The highest BCUT2D eigenvalue weighted by molar-refractivity contribution is 6.31. The third-order valence-corrected chi connectivity index (χ3v) is 5.23. The first-order valence-corrected chi connectivity index (χ1v) is 9.21. The summed E-state index contributed by atoms with van der Waals surface area (Å²) >= 11 is 6.35. The Bertz CT molecular complexity index is 952. The molecule has 0 bridgehead atoms. The van der Waals surface area contributed by atoms with Crippen molar-refractivity contribution in [1.82, 2.24) is 10.1 Å². The Morgan fingerprint density at radius 3 is 2.74 bits per heavy atom. The van der Waals surface area contributed by atoms with Gasteiger partial charge >= 0.3 is 0 Å². The van der Waals surface area contributed by atoms with Gasteiger partial charge in [-0.2, -0.15) is 0 Å². The van der Waals surface area contributed by atoms with E-state index in [4.69, 9.17) is 20.9 Å². The Hall–Kier alpha value is -2.79. The van der Waals surface area contributed by atoms with Gasteiger partial charge < -0.3 is 14.2 Å². The summed E-state index contributed by atoms with van der Waals surface area (Å²) in [6.07, 6.45) is 1.82. The number of hydrogen-bond acceptors (Lipinski definition) is 4. The molecule has 2 heterocycles. The largest absolute Gasteiger partial charge is 0.497 e. The summed E-state index contributed by atoms with van der Waals surface area (Å²) in [6.45, 7) is 0.680. The van der Waals surface area contributed by atoms with Crippen molar-refractivity contribution in [1.29, 1.82) is 0 Å². The molecule has 4 rings (SSSR count). The van der Waals surface area contributed by atoms with E-state index in [1.165, 1.54) is 0 Å². The maximum Gasteiger partial charge on any atom is 0.276 e. The molecule has 27 heavy (non-hydrogen) atoms. The number of aromatic nitrogens is 1. The van der Waals surface area contributed by atoms with Gasteiger partial charge in [0.05, 0.1) is 13.2 Å². The standard InChI is InChI=1S/C21H19ClN2O3/c1-26-15-10-8-14(9-11-15)20-13-18(23-27-20)21(25)24-12-4-7-19(24)16-5-2-3-6-17(16)22/h2-3,5-6,8-11,13,19H,4,7,12H2,1H3/t19-/m0/s1. The Morgan fingerprint density at radius 2 is 2.00 bits per heavy atom. The van der Waals surface area contributed by atoms with Crippen LogP contribution < -0.4 is 4.74 Å². The minimum atomic E-state index is -0.138. The van der Waals surface area contributed by atoms with E-state index >= 15 is 0 Å². The molecule has 1 aliphatic rings. The third kappa shape index (κ3) is 3.43. The van der Waals surface area contributed by atoms with Crippen LogP contribution in [-0.2, 0) is 0 Å². The van der Waals surface area contributed by atoms with Crippen LogP contribution in [0.2, 0.25) is 5.02 Å². The Kier molecular flexibility index (Phi) is 4.86. The monoisotopic (exact) mass is 382 g/mol. The number of rotatable bonds is 4. The van der Waals surface area contributed by atoms with Gasteiger partial charge in [0.25, 0.3) is 5.91 Å². The number of methoxy groups -OCH3 is 1. The van der Waals surface area contributed by atoms with Crippen molar-refractivity contribution in [3.63, 3.8) is 0 Å². The summed E-state index contributed by atoms with van der Waals surface area (Å²) in [5, 5.41) is 4.68. The highest BCUT2D eigenvalue weighted by atomic mass is 35.5. The number of halogens is 1. The van der Waals surface area contributed by atoms with Gasteiger partial charge in [0, 0.05) is 23.2 Å². The average molecular weight is 383 g/mol. The van der Waals surface area contributed by atoms with E-state index in [0.29, 0.717) is 23.0 Å². The zero-order valence-corrected chi connectivity index (χ0v) is 15.6. The molecule has 2 aromatic carbocycles. The minimum absolute atomic E-state index is 0.0349. The molecule has 0 saturated carbocycles. The summed E-state index contributed by atoms with van der Waals surface area (Å²) in [6, 6.07) is 16.7. The van der Waals surface area contributed by atoms with E-state index in [1.54, 1.807) is 13.2 Å². The minimum Gasteiger partial charge on any atom is -0.497 e. The van der Waals surface area contributed by atoms with Crippen molar-refractivity contribution in [2.45, 2.75) is 18.9 Å². The highest BCUT2D eigenvalue weighted by Gasteiger charge is 2.33. The van der Waals surface area contributed by atoms with E-state index in [9.17, 15) is 4.79 Å². The first-order valence-electron chi connectivity index (χ1n) is 8.84. The number of ether oxygens (including phenoxy) is 1. The van der Waals surface area contributed by atoms with Crippen LogP contribution in [0.3, 0.4) is 0 Å². The first-order chi connectivity index (χ1) is 13.2. The summed E-state index contributed by atoms with van der Waals surface area (Å²) in [5.74, 6) is 1.17. The van der Waals surface area contributed by atoms with Crippen molar-refractivity contribution < 1.29 is 14.1 Å². The fourth-order valence-corrected chi connectivity index (χ4v) is 3.75. The van der Waals surface area contributed by atoms with Crippen LogP contribution in [0.1, 0.15) is 34.9 Å². The van der Waals surface area contributed by atoms with Gasteiger partial charge in [0.15, 0.2) is 11.5 Å². The molecule has 138 valence electrons. The molecular weight excluding hydrogens is 364 g/mol. The molecule has 5 nitrogen and oxygen atoms in total. The van der Waals surface area contributed by atoms with Crippen molar-refractivity contribution in [2.75, 3.05) is 13.7 Å². The number of likely N-dealkylation sites (tertiary alicyclic amines) is 1. The molecule has 1 aliphatic heterocycles. The Balaban J connectivity index is 1.57. The average Bonchev–Trinajstić information content (AvgIpc) is 3.38. The lowest BCUT2D eigenvalue weighted by atomic mass is 10.0. The van der Waals surface area contributed by atoms with Crippen LogP contribution in [0.4, 0.5) is 0 Å². The number of amides is 1. The number of benzene rings is 2. The van der Waals surface area contributed by atoms with Crippen molar-refractivity contribution in [2.24, 2.45) is 0 Å². The molecule has 0 N–H and O–H groups in total. The quantitative estimate of drug-likeness (QED) is 0.638. The summed E-state index contributed by atoms with van der Waals surface area (Å²) in [7, 11) is 1.62. The van der Waals surface area contributed by atoms with Crippen LogP contribution in [0.5, 0.6) is 5.75 Å². The van der Waals surface area contributed by atoms with Crippen LogP contribution in [0.25, 0.3) is 11.3 Å². The molecular formula is C21H19ClN2O3. The fraction of sp³-hybridized carbons (Fsp3) is 0.238. The SMILES string of the molecule is COc1ccc(-c2cc(C(=O)N3CCC[C@H]3c3ccccc3Cl)no2)cc1. The molecule has 6 heteroatoms. The molecule has 3 aromatic rings. The van der Waals surface area contributed by atoms with Crippen molar-refractivity contribution in [3.05, 3.63) is 70.9 Å². The smallest absolute Gasteiger partial charge is 0.276 e. The number of carbonyl (C=O) groups excluding carboxylic acids is 1. The van der Waals surface area contributed by atoms with Crippen LogP contribution in [0.15, 0.2) is 59.1 Å². The van der Waals surface area contributed by atoms with Crippen LogP contribution >= 0.6 is 11.6 Å². The normalized spacial score (nSPS) is 16.5. The lowest BCUT2D eigenvalue weighted by molar-refractivity contribution is 0.0725. The van der Waals surface area contributed by atoms with Gasteiger partial charge in [-0.25, -0.2) is 0 Å². The predicted octanol–water partition coefficient (Wildman–Crippen LogP) is 4.98. The van der Waals surface area contributed by atoms with E-state index in [2.05, 4.69) is 5.16 Å². The topological polar surface area (TPSA) is 55.6 Å². The van der Waals surface area contributed by atoms with E-state index < -0.39 is 0 Å². The number of nitrogens with zero attached hydrogens (tertiary/aromatic N) is 2. The highest BCUT2D eigenvalue weighted by Crippen LogP contribution is 2.36. The molecule has 0 aliphatic carbocycles. The zero-order valence-electron chi connectivity index (χ0n) is 14.9. The summed E-state index contributed by atoms with van der Waals surface area (Å²) in [5.41, 5.74) is 2.12. The van der Waals surface area contributed by atoms with Gasteiger partial charge in [0.2, 0.25) is 0 Å². The zero-order chi connectivity index (χ0) is 18.8. The van der Waals surface area contributed by atoms with E-state index in [1.807, 2.05) is 53.4 Å².